The van der Waals surface area contributed by atoms with Crippen LogP contribution in [-0.4, -0.2) is 4.92 Å². The second-order valence-corrected chi connectivity index (χ2v) is 5.24. The van der Waals surface area contributed by atoms with Crippen LogP contribution in [0.3, 0.4) is 0 Å². The predicted molar refractivity (Wildman–Crippen MR) is 84.7 cm³/mol. The number of rotatable bonds is 5. The Balaban J connectivity index is 2.50. The second kappa shape index (κ2) is 6.30. The molecular formula is C16H15NO2S. The molecule has 0 aliphatic heterocycles. The zero-order valence-corrected chi connectivity index (χ0v) is 12.0. The van der Waals surface area contributed by atoms with Gasteiger partial charge in [-0.2, -0.15) is 0 Å². The number of hydrogen-bond acceptors (Lipinski definition) is 3. The average molecular weight is 285 g/mol. The van der Waals surface area contributed by atoms with Crippen LogP contribution in [0.4, 0.5) is 0 Å². The summed E-state index contributed by atoms with van der Waals surface area (Å²) in [5, 5.41) is 14.1. The quantitative estimate of drug-likeness (QED) is 0.445. The number of benzene rings is 1. The molecule has 2 rings (SSSR count). The minimum Gasteiger partial charge on any atom is -0.259 e. The lowest BCUT2D eigenvalue weighted by Gasteiger charge is -2.08. The monoisotopic (exact) mass is 285 g/mol. The van der Waals surface area contributed by atoms with E-state index in [4.69, 9.17) is 0 Å². The van der Waals surface area contributed by atoms with Gasteiger partial charge < -0.3 is 0 Å². The molecule has 0 aliphatic carbocycles. The van der Waals surface area contributed by atoms with Gasteiger partial charge in [-0.1, -0.05) is 42.5 Å². The molecule has 1 aromatic heterocycles. The van der Waals surface area contributed by atoms with E-state index >= 15 is 0 Å². The molecule has 1 unspecified atom stereocenters. The van der Waals surface area contributed by atoms with Crippen molar-refractivity contribution in [3.05, 3.63) is 81.9 Å². The van der Waals surface area contributed by atoms with Gasteiger partial charge in [0.25, 0.3) is 0 Å². The fraction of sp³-hybridized carbons (Fsp3) is 0.125. The van der Waals surface area contributed by atoms with Crippen LogP contribution < -0.4 is 0 Å². The van der Waals surface area contributed by atoms with Crippen molar-refractivity contribution >= 4 is 21.4 Å². The van der Waals surface area contributed by atoms with Gasteiger partial charge in [0.2, 0.25) is 5.70 Å². The van der Waals surface area contributed by atoms with Gasteiger partial charge in [-0.25, -0.2) is 0 Å². The van der Waals surface area contributed by atoms with E-state index in [2.05, 4.69) is 6.58 Å². The first kappa shape index (κ1) is 14.2. The van der Waals surface area contributed by atoms with E-state index in [0.717, 1.165) is 15.6 Å². The SMILES string of the molecule is C=C(C(C=C/C=C\C)c1csc2ccccc12)[N+](=O)[O-]. The van der Waals surface area contributed by atoms with Crippen LogP contribution in [0.15, 0.2) is 66.2 Å². The largest absolute Gasteiger partial charge is 0.259 e. The molecule has 4 heteroatoms. The summed E-state index contributed by atoms with van der Waals surface area (Å²) in [5.41, 5.74) is 0.933. The summed E-state index contributed by atoms with van der Waals surface area (Å²) in [6.07, 6.45) is 7.38. The molecule has 1 heterocycles. The summed E-state index contributed by atoms with van der Waals surface area (Å²) < 4.78 is 1.13. The van der Waals surface area contributed by atoms with E-state index in [1.54, 1.807) is 11.3 Å². The van der Waals surface area contributed by atoms with Crippen molar-refractivity contribution in [1.29, 1.82) is 0 Å². The molecule has 0 fully saturated rings. The molecule has 20 heavy (non-hydrogen) atoms. The van der Waals surface area contributed by atoms with Crippen molar-refractivity contribution in [2.24, 2.45) is 0 Å². The zero-order chi connectivity index (χ0) is 14.5. The molecule has 0 aliphatic rings. The topological polar surface area (TPSA) is 43.1 Å². The van der Waals surface area contributed by atoms with Gasteiger partial charge in [-0.15, -0.1) is 11.3 Å². The maximum absolute atomic E-state index is 11.1. The highest BCUT2D eigenvalue weighted by Crippen LogP contribution is 2.35. The fourth-order valence-electron chi connectivity index (χ4n) is 2.03. The molecule has 102 valence electrons. The lowest BCUT2D eigenvalue weighted by Crippen LogP contribution is -2.06. The van der Waals surface area contributed by atoms with Gasteiger partial charge in [-0.3, -0.25) is 10.1 Å². The molecule has 0 saturated carbocycles. The molecule has 0 saturated heterocycles. The van der Waals surface area contributed by atoms with Crippen LogP contribution in [0, 0.1) is 10.1 Å². The highest BCUT2D eigenvalue weighted by Gasteiger charge is 2.24. The van der Waals surface area contributed by atoms with Gasteiger partial charge in [0, 0.05) is 4.70 Å². The molecule has 0 spiro atoms. The van der Waals surface area contributed by atoms with E-state index < -0.39 is 10.8 Å². The van der Waals surface area contributed by atoms with Crippen molar-refractivity contribution < 1.29 is 4.92 Å². The minimum atomic E-state index is -0.406. The Morgan fingerprint density at radius 3 is 2.85 bits per heavy atom. The maximum Gasteiger partial charge on any atom is 0.250 e. The smallest absolute Gasteiger partial charge is 0.250 e. The predicted octanol–water partition coefficient (Wildman–Crippen LogP) is 4.91. The summed E-state index contributed by atoms with van der Waals surface area (Å²) in [7, 11) is 0. The van der Waals surface area contributed by atoms with Crippen molar-refractivity contribution in [1.82, 2.24) is 0 Å². The summed E-state index contributed by atoms with van der Waals surface area (Å²) in [4.78, 5) is 10.7. The van der Waals surface area contributed by atoms with Crippen LogP contribution in [0.2, 0.25) is 0 Å². The third-order valence-corrected chi connectivity index (χ3v) is 4.03. The number of allylic oxidation sites excluding steroid dienone is 4. The molecule has 1 atom stereocenters. The van der Waals surface area contributed by atoms with E-state index in [9.17, 15) is 10.1 Å². The standard InChI is InChI=1S/C16H15NO2S/c1-3-4-5-8-13(12(2)17(18)19)15-11-20-16-10-7-6-9-14(15)16/h3-11,13H,2H2,1H3/b4-3-,8-5?. The van der Waals surface area contributed by atoms with E-state index in [0.29, 0.717) is 0 Å². The van der Waals surface area contributed by atoms with Gasteiger partial charge in [0.15, 0.2) is 0 Å². The molecule has 0 bridgehead atoms. The Labute approximate surface area is 121 Å². The van der Waals surface area contributed by atoms with Crippen LogP contribution in [0.25, 0.3) is 10.1 Å². The highest BCUT2D eigenvalue weighted by molar-refractivity contribution is 7.17. The second-order valence-electron chi connectivity index (χ2n) is 4.32. The van der Waals surface area contributed by atoms with Crippen molar-refractivity contribution in [3.8, 4) is 0 Å². The third-order valence-electron chi connectivity index (χ3n) is 3.05. The molecular weight excluding hydrogens is 270 g/mol. The van der Waals surface area contributed by atoms with Crippen molar-refractivity contribution in [2.45, 2.75) is 12.8 Å². The normalized spacial score (nSPS) is 13.2. The number of nitrogens with zero attached hydrogens (tertiary/aromatic N) is 1. The maximum atomic E-state index is 11.1. The van der Waals surface area contributed by atoms with Crippen LogP contribution in [0.5, 0.6) is 0 Å². The third kappa shape index (κ3) is 2.86. The van der Waals surface area contributed by atoms with Gasteiger partial charge in [0.05, 0.1) is 10.8 Å². The number of fused-ring (bicyclic) bond motifs is 1. The Hall–Kier alpha value is -2.20. The Morgan fingerprint density at radius 2 is 2.15 bits per heavy atom. The first-order valence-electron chi connectivity index (χ1n) is 6.24. The first-order chi connectivity index (χ1) is 9.65. The summed E-state index contributed by atoms with van der Waals surface area (Å²) >= 11 is 1.59. The fourth-order valence-corrected chi connectivity index (χ4v) is 3.03. The zero-order valence-electron chi connectivity index (χ0n) is 11.2. The molecule has 0 N–H and O–H groups in total. The Morgan fingerprint density at radius 1 is 1.40 bits per heavy atom. The average Bonchev–Trinajstić information content (AvgIpc) is 2.87. The van der Waals surface area contributed by atoms with Gasteiger partial charge in [0.1, 0.15) is 0 Å². The van der Waals surface area contributed by atoms with Crippen molar-refractivity contribution in [3.63, 3.8) is 0 Å². The molecule has 0 amide bonds. The highest BCUT2D eigenvalue weighted by atomic mass is 32.1. The Kier molecular flexibility index (Phi) is 4.48. The molecule has 0 radical (unpaired) electrons. The van der Waals surface area contributed by atoms with Crippen LogP contribution in [-0.2, 0) is 0 Å². The molecule has 2 aromatic rings. The lowest BCUT2D eigenvalue weighted by molar-refractivity contribution is -0.428. The van der Waals surface area contributed by atoms with Gasteiger partial charge in [-0.05, 0) is 35.9 Å². The minimum absolute atomic E-state index is 0.00527. The number of nitro groups is 1. The van der Waals surface area contributed by atoms with E-state index in [1.165, 1.54) is 0 Å². The molecule has 3 nitrogen and oxygen atoms in total. The van der Waals surface area contributed by atoms with Crippen molar-refractivity contribution in [2.75, 3.05) is 0 Å². The van der Waals surface area contributed by atoms with E-state index in [1.807, 2.05) is 60.9 Å². The lowest BCUT2D eigenvalue weighted by atomic mass is 9.95. The molecule has 1 aromatic carbocycles. The Bertz CT molecular complexity index is 697. The summed E-state index contributed by atoms with van der Waals surface area (Å²) in [6, 6.07) is 7.92. The summed E-state index contributed by atoms with van der Waals surface area (Å²) in [5.74, 6) is -0.405. The van der Waals surface area contributed by atoms with Crippen LogP contribution in [0.1, 0.15) is 18.4 Å². The van der Waals surface area contributed by atoms with E-state index in [-0.39, 0.29) is 5.70 Å². The number of hydrogen-bond donors (Lipinski definition) is 0. The first-order valence-corrected chi connectivity index (χ1v) is 7.12. The van der Waals surface area contributed by atoms with Crippen LogP contribution >= 0.6 is 11.3 Å². The number of thiophene rings is 1. The summed E-state index contributed by atoms with van der Waals surface area (Å²) in [6.45, 7) is 5.53. The van der Waals surface area contributed by atoms with Gasteiger partial charge >= 0.3 is 0 Å².